The highest BCUT2D eigenvalue weighted by atomic mass is 35.5. The van der Waals surface area contributed by atoms with Crippen molar-refractivity contribution >= 4 is 11.6 Å². The molecular formula is C25H35ClN2O3. The quantitative estimate of drug-likeness (QED) is 0.355. The van der Waals surface area contributed by atoms with E-state index in [9.17, 15) is 0 Å². The smallest absolute Gasteiger partial charge is 0.180 e. The maximum atomic E-state index is 6.13. The van der Waals surface area contributed by atoms with Crippen LogP contribution in [0.15, 0.2) is 54.6 Å². The lowest BCUT2D eigenvalue weighted by Gasteiger charge is -2.39. The maximum absolute atomic E-state index is 6.13. The van der Waals surface area contributed by atoms with Crippen molar-refractivity contribution in [1.82, 2.24) is 9.80 Å². The van der Waals surface area contributed by atoms with Gasteiger partial charge < -0.3 is 14.2 Å². The molecule has 1 fully saturated rings. The number of hydrogen-bond acceptors (Lipinski definition) is 5. The molecule has 0 amide bonds. The number of nitrogens with zero attached hydrogens (tertiary/aromatic N) is 2. The SMILES string of the molecule is CCOC(COCCN1CCN(C(c2ccccc2)c2ccc(Cl)cc2)CC1)OCC. The normalized spacial score (nSPS) is 16.6. The number of halogens is 1. The molecule has 1 aliphatic rings. The molecule has 170 valence electrons. The third-order valence-corrected chi connectivity index (χ3v) is 5.84. The van der Waals surface area contributed by atoms with Gasteiger partial charge in [0.25, 0.3) is 0 Å². The van der Waals surface area contributed by atoms with Crippen molar-refractivity contribution in [3.8, 4) is 0 Å². The van der Waals surface area contributed by atoms with E-state index in [4.69, 9.17) is 25.8 Å². The molecule has 2 aromatic rings. The van der Waals surface area contributed by atoms with Crippen LogP contribution in [0.2, 0.25) is 5.02 Å². The Balaban J connectivity index is 1.51. The Morgan fingerprint density at radius 3 is 2.06 bits per heavy atom. The van der Waals surface area contributed by atoms with Gasteiger partial charge in [-0.05, 0) is 37.1 Å². The summed E-state index contributed by atoms with van der Waals surface area (Å²) >= 11 is 6.13. The first-order valence-corrected chi connectivity index (χ1v) is 11.7. The van der Waals surface area contributed by atoms with Gasteiger partial charge in [-0.1, -0.05) is 54.1 Å². The molecule has 2 aromatic carbocycles. The second kappa shape index (κ2) is 13.2. The van der Waals surface area contributed by atoms with Crippen LogP contribution in [-0.2, 0) is 14.2 Å². The van der Waals surface area contributed by atoms with Gasteiger partial charge in [0.1, 0.15) is 0 Å². The van der Waals surface area contributed by atoms with Crippen LogP contribution >= 0.6 is 11.6 Å². The van der Waals surface area contributed by atoms with E-state index >= 15 is 0 Å². The fourth-order valence-electron chi connectivity index (χ4n) is 4.03. The highest BCUT2D eigenvalue weighted by Crippen LogP contribution is 2.30. The van der Waals surface area contributed by atoms with Gasteiger partial charge in [0.2, 0.25) is 0 Å². The zero-order valence-electron chi connectivity index (χ0n) is 18.7. The number of benzene rings is 2. The number of rotatable bonds is 12. The van der Waals surface area contributed by atoms with E-state index in [2.05, 4.69) is 52.3 Å². The Bertz CT molecular complexity index is 730. The molecule has 0 radical (unpaired) electrons. The fourth-order valence-corrected chi connectivity index (χ4v) is 4.15. The molecule has 0 aromatic heterocycles. The molecule has 6 heteroatoms. The van der Waals surface area contributed by atoms with Crippen molar-refractivity contribution < 1.29 is 14.2 Å². The van der Waals surface area contributed by atoms with Crippen LogP contribution in [-0.4, -0.2) is 75.2 Å². The molecule has 0 bridgehead atoms. The summed E-state index contributed by atoms with van der Waals surface area (Å²) in [6.45, 7) is 11.4. The van der Waals surface area contributed by atoms with Gasteiger partial charge in [-0.15, -0.1) is 0 Å². The molecule has 1 atom stereocenters. The summed E-state index contributed by atoms with van der Waals surface area (Å²) in [6.07, 6.45) is -0.266. The van der Waals surface area contributed by atoms with E-state index < -0.39 is 0 Å². The standard InChI is InChI=1S/C25H35ClN2O3/c1-3-30-24(31-4-2)20-29-19-18-27-14-16-28(17-15-27)25(21-8-6-5-7-9-21)22-10-12-23(26)13-11-22/h5-13,24-25H,3-4,14-20H2,1-2H3. The van der Waals surface area contributed by atoms with Crippen molar-refractivity contribution in [2.75, 3.05) is 59.2 Å². The van der Waals surface area contributed by atoms with Gasteiger partial charge in [-0.2, -0.15) is 0 Å². The van der Waals surface area contributed by atoms with Gasteiger partial charge in [0, 0.05) is 51.0 Å². The molecule has 31 heavy (non-hydrogen) atoms. The molecule has 5 nitrogen and oxygen atoms in total. The van der Waals surface area contributed by atoms with Crippen molar-refractivity contribution in [3.63, 3.8) is 0 Å². The Labute approximate surface area is 191 Å². The van der Waals surface area contributed by atoms with Crippen LogP contribution in [0.3, 0.4) is 0 Å². The van der Waals surface area contributed by atoms with Crippen LogP contribution in [0.25, 0.3) is 0 Å². The molecule has 0 aliphatic carbocycles. The zero-order valence-corrected chi connectivity index (χ0v) is 19.5. The summed E-state index contributed by atoms with van der Waals surface area (Å²) < 4.78 is 16.9. The first kappa shape index (κ1) is 24.2. The molecule has 1 unspecified atom stereocenters. The van der Waals surface area contributed by atoms with E-state index in [-0.39, 0.29) is 12.3 Å². The third-order valence-electron chi connectivity index (χ3n) is 5.58. The average molecular weight is 447 g/mol. The molecule has 0 N–H and O–H groups in total. The van der Waals surface area contributed by atoms with Gasteiger partial charge in [0.05, 0.1) is 19.3 Å². The summed E-state index contributed by atoms with van der Waals surface area (Å²) in [5.74, 6) is 0. The first-order valence-electron chi connectivity index (χ1n) is 11.3. The lowest BCUT2D eigenvalue weighted by Crippen LogP contribution is -2.48. The van der Waals surface area contributed by atoms with Crippen LogP contribution < -0.4 is 0 Å². The van der Waals surface area contributed by atoms with Crippen LogP contribution in [0.1, 0.15) is 31.0 Å². The van der Waals surface area contributed by atoms with Crippen molar-refractivity contribution in [3.05, 3.63) is 70.7 Å². The Morgan fingerprint density at radius 1 is 0.839 bits per heavy atom. The lowest BCUT2D eigenvalue weighted by molar-refractivity contribution is -0.168. The van der Waals surface area contributed by atoms with Gasteiger partial charge in [0.15, 0.2) is 6.29 Å². The third kappa shape index (κ3) is 7.56. The molecule has 0 spiro atoms. The van der Waals surface area contributed by atoms with E-state index in [0.717, 1.165) is 37.7 Å². The largest absolute Gasteiger partial charge is 0.375 e. The summed E-state index contributed by atoms with van der Waals surface area (Å²) in [5, 5.41) is 0.774. The maximum Gasteiger partial charge on any atom is 0.180 e. The van der Waals surface area contributed by atoms with Gasteiger partial charge >= 0.3 is 0 Å². The molecular weight excluding hydrogens is 412 g/mol. The molecule has 0 saturated carbocycles. The second-order valence-electron chi connectivity index (χ2n) is 7.66. The first-order chi connectivity index (χ1) is 15.2. The minimum absolute atomic E-state index is 0.245. The van der Waals surface area contributed by atoms with E-state index in [1.54, 1.807) is 0 Å². The highest BCUT2D eigenvalue weighted by Gasteiger charge is 2.26. The van der Waals surface area contributed by atoms with E-state index in [0.29, 0.717) is 26.4 Å². The van der Waals surface area contributed by atoms with E-state index in [1.165, 1.54) is 11.1 Å². The van der Waals surface area contributed by atoms with Crippen LogP contribution in [0.4, 0.5) is 0 Å². The Hall–Kier alpha value is -1.47. The predicted octanol–water partition coefficient (Wildman–Crippen LogP) is 4.46. The molecule has 3 rings (SSSR count). The second-order valence-corrected chi connectivity index (χ2v) is 8.09. The minimum Gasteiger partial charge on any atom is -0.375 e. The molecule has 1 heterocycles. The number of piperazine rings is 1. The summed E-state index contributed by atoms with van der Waals surface area (Å²) in [5.41, 5.74) is 2.60. The van der Waals surface area contributed by atoms with Crippen LogP contribution in [0, 0.1) is 0 Å². The average Bonchev–Trinajstić information content (AvgIpc) is 2.80. The Kier molecular flexibility index (Phi) is 10.3. The Morgan fingerprint density at radius 2 is 1.45 bits per heavy atom. The van der Waals surface area contributed by atoms with Gasteiger partial charge in [-0.3, -0.25) is 9.80 Å². The molecule has 1 aliphatic heterocycles. The number of ether oxygens (including phenoxy) is 3. The highest BCUT2D eigenvalue weighted by molar-refractivity contribution is 6.30. The van der Waals surface area contributed by atoms with E-state index in [1.807, 2.05) is 26.0 Å². The van der Waals surface area contributed by atoms with Crippen molar-refractivity contribution in [1.29, 1.82) is 0 Å². The topological polar surface area (TPSA) is 34.2 Å². The summed E-state index contributed by atoms with van der Waals surface area (Å²) in [4.78, 5) is 5.03. The fraction of sp³-hybridized carbons (Fsp3) is 0.520. The number of hydrogen-bond donors (Lipinski definition) is 0. The molecule has 1 saturated heterocycles. The van der Waals surface area contributed by atoms with Crippen molar-refractivity contribution in [2.45, 2.75) is 26.2 Å². The van der Waals surface area contributed by atoms with Crippen LogP contribution in [0.5, 0.6) is 0 Å². The summed E-state index contributed by atoms with van der Waals surface area (Å²) in [6, 6.07) is 19.2. The van der Waals surface area contributed by atoms with Crippen molar-refractivity contribution in [2.24, 2.45) is 0 Å². The minimum atomic E-state index is -0.266. The predicted molar refractivity (Wildman–Crippen MR) is 126 cm³/mol. The summed E-state index contributed by atoms with van der Waals surface area (Å²) in [7, 11) is 0. The van der Waals surface area contributed by atoms with Gasteiger partial charge in [-0.25, -0.2) is 0 Å². The zero-order chi connectivity index (χ0) is 21.9. The lowest BCUT2D eigenvalue weighted by atomic mass is 9.96. The monoisotopic (exact) mass is 446 g/mol.